The first-order chi connectivity index (χ1) is 9.29. The normalized spacial score (nSPS) is 22.1. The highest BCUT2D eigenvalue weighted by atomic mass is 79.9. The molecule has 0 saturated heterocycles. The van der Waals surface area contributed by atoms with Gasteiger partial charge in [-0.05, 0) is 40.5 Å². The van der Waals surface area contributed by atoms with Gasteiger partial charge in [0.1, 0.15) is 5.82 Å². The van der Waals surface area contributed by atoms with Crippen LogP contribution in [0, 0.1) is 11.7 Å². The van der Waals surface area contributed by atoms with Crippen LogP contribution < -0.4 is 4.72 Å². The molecule has 0 fully saturated rings. The number of carbonyl (C=O) groups is 1. The van der Waals surface area contributed by atoms with Gasteiger partial charge in [-0.25, -0.2) is 17.5 Å². The molecule has 0 heterocycles. The van der Waals surface area contributed by atoms with Crippen molar-refractivity contribution in [1.82, 2.24) is 4.72 Å². The Morgan fingerprint density at radius 3 is 2.65 bits per heavy atom. The van der Waals surface area contributed by atoms with E-state index in [9.17, 15) is 17.6 Å². The van der Waals surface area contributed by atoms with Crippen LogP contribution >= 0.6 is 15.9 Å². The lowest BCUT2D eigenvalue weighted by atomic mass is 10.1. The second-order valence-corrected chi connectivity index (χ2v) is 6.90. The first-order valence-corrected chi connectivity index (χ1v) is 7.96. The van der Waals surface area contributed by atoms with Crippen LogP contribution in [-0.2, 0) is 14.8 Å². The fourth-order valence-corrected chi connectivity index (χ4v) is 4.18. The molecule has 0 amide bonds. The third-order valence-electron chi connectivity index (χ3n) is 2.89. The molecule has 8 heteroatoms. The SMILES string of the molecule is O=C(O)C1C=CC(NS(=O)(=O)c2ccc(F)cc2Br)C1. The summed E-state index contributed by atoms with van der Waals surface area (Å²) in [6, 6.07) is 2.66. The molecule has 1 aromatic carbocycles. The van der Waals surface area contributed by atoms with Crippen LogP contribution in [0.1, 0.15) is 6.42 Å². The van der Waals surface area contributed by atoms with Crippen LogP contribution in [0.25, 0.3) is 0 Å². The van der Waals surface area contributed by atoms with Gasteiger partial charge in [-0.2, -0.15) is 0 Å². The lowest BCUT2D eigenvalue weighted by Gasteiger charge is -2.13. The molecule has 2 N–H and O–H groups in total. The molecule has 108 valence electrons. The standard InChI is InChI=1S/C12H11BrFNO4S/c13-10-6-8(14)2-4-11(10)20(18,19)15-9-3-1-7(5-9)12(16)17/h1-4,6-7,9,15H,5H2,(H,16,17). The lowest BCUT2D eigenvalue weighted by molar-refractivity contribution is -0.140. The summed E-state index contributed by atoms with van der Waals surface area (Å²) in [5.74, 6) is -2.24. The zero-order valence-corrected chi connectivity index (χ0v) is 12.5. The van der Waals surface area contributed by atoms with Gasteiger partial charge in [0.25, 0.3) is 0 Å². The van der Waals surface area contributed by atoms with Gasteiger partial charge >= 0.3 is 5.97 Å². The number of aliphatic carboxylic acids is 1. The van der Waals surface area contributed by atoms with Gasteiger partial charge in [-0.3, -0.25) is 4.79 Å². The number of benzene rings is 1. The zero-order valence-electron chi connectivity index (χ0n) is 10.1. The predicted molar refractivity (Wildman–Crippen MR) is 73.1 cm³/mol. The molecule has 2 atom stereocenters. The maximum atomic E-state index is 13.0. The van der Waals surface area contributed by atoms with E-state index in [1.807, 2.05) is 0 Å². The quantitative estimate of drug-likeness (QED) is 0.800. The predicted octanol–water partition coefficient (Wildman–Crippen LogP) is 1.90. The largest absolute Gasteiger partial charge is 0.481 e. The average molecular weight is 364 g/mol. The monoisotopic (exact) mass is 363 g/mol. The van der Waals surface area contributed by atoms with E-state index in [-0.39, 0.29) is 15.8 Å². The molecular formula is C12H11BrFNO4S. The number of sulfonamides is 1. The van der Waals surface area contributed by atoms with E-state index < -0.39 is 33.8 Å². The molecule has 0 spiro atoms. The van der Waals surface area contributed by atoms with E-state index in [1.165, 1.54) is 12.2 Å². The first kappa shape index (κ1) is 15.1. The van der Waals surface area contributed by atoms with Crippen molar-refractivity contribution >= 4 is 31.9 Å². The van der Waals surface area contributed by atoms with E-state index in [1.54, 1.807) is 0 Å². The Bertz CT molecular complexity index is 674. The molecule has 0 radical (unpaired) electrons. The molecule has 0 aromatic heterocycles. The molecule has 0 saturated carbocycles. The van der Waals surface area contributed by atoms with Gasteiger partial charge in [-0.1, -0.05) is 12.2 Å². The molecule has 2 unspecified atom stereocenters. The minimum Gasteiger partial charge on any atom is -0.481 e. The summed E-state index contributed by atoms with van der Waals surface area (Å²) in [7, 11) is -3.85. The summed E-state index contributed by atoms with van der Waals surface area (Å²) in [6.07, 6.45) is 3.12. The Morgan fingerprint density at radius 1 is 1.40 bits per heavy atom. The van der Waals surface area contributed by atoms with Crippen LogP contribution in [0.15, 0.2) is 39.7 Å². The minimum atomic E-state index is -3.85. The highest BCUT2D eigenvalue weighted by molar-refractivity contribution is 9.10. The number of halogens is 2. The molecule has 1 aliphatic rings. The number of carboxylic acid groups (broad SMARTS) is 1. The smallest absolute Gasteiger partial charge is 0.310 e. The Labute approximate surface area is 123 Å². The van der Waals surface area contributed by atoms with Gasteiger partial charge in [0.05, 0.1) is 10.8 Å². The van der Waals surface area contributed by atoms with Crippen LogP contribution in [0.5, 0.6) is 0 Å². The maximum Gasteiger partial charge on any atom is 0.310 e. The van der Waals surface area contributed by atoms with Crippen LogP contribution in [0.3, 0.4) is 0 Å². The Kier molecular flexibility index (Phi) is 4.26. The Hall–Kier alpha value is -1.25. The number of hydrogen-bond donors (Lipinski definition) is 2. The fourth-order valence-electron chi connectivity index (χ4n) is 1.93. The van der Waals surface area contributed by atoms with E-state index in [0.717, 1.165) is 18.2 Å². The highest BCUT2D eigenvalue weighted by Crippen LogP contribution is 2.25. The van der Waals surface area contributed by atoms with E-state index in [4.69, 9.17) is 5.11 Å². The average Bonchev–Trinajstić information content (AvgIpc) is 2.76. The second-order valence-electron chi connectivity index (χ2n) is 4.37. The molecule has 2 rings (SSSR count). The summed E-state index contributed by atoms with van der Waals surface area (Å²) in [5.41, 5.74) is 0. The van der Waals surface area contributed by atoms with Crippen molar-refractivity contribution in [2.45, 2.75) is 17.4 Å². The van der Waals surface area contributed by atoms with Crippen molar-refractivity contribution in [1.29, 1.82) is 0 Å². The number of rotatable bonds is 4. The molecule has 20 heavy (non-hydrogen) atoms. The van der Waals surface area contributed by atoms with Crippen LogP contribution in [0.2, 0.25) is 0 Å². The van der Waals surface area contributed by atoms with Crippen molar-refractivity contribution in [3.8, 4) is 0 Å². The van der Waals surface area contributed by atoms with Crippen molar-refractivity contribution in [2.24, 2.45) is 5.92 Å². The molecule has 1 aliphatic carbocycles. The Morgan fingerprint density at radius 2 is 2.10 bits per heavy atom. The molecule has 0 bridgehead atoms. The number of nitrogens with one attached hydrogen (secondary N) is 1. The number of carboxylic acids is 1. The number of hydrogen-bond acceptors (Lipinski definition) is 3. The minimum absolute atomic E-state index is 0.0916. The first-order valence-electron chi connectivity index (χ1n) is 5.68. The topological polar surface area (TPSA) is 83.5 Å². The van der Waals surface area contributed by atoms with E-state index >= 15 is 0 Å². The summed E-state index contributed by atoms with van der Waals surface area (Å²) >= 11 is 3.00. The summed E-state index contributed by atoms with van der Waals surface area (Å²) in [6.45, 7) is 0. The second kappa shape index (κ2) is 5.63. The summed E-state index contributed by atoms with van der Waals surface area (Å²) in [4.78, 5) is 10.7. The van der Waals surface area contributed by atoms with Gasteiger partial charge in [0.15, 0.2) is 0 Å². The molecule has 1 aromatic rings. The van der Waals surface area contributed by atoms with Gasteiger partial charge < -0.3 is 5.11 Å². The maximum absolute atomic E-state index is 13.0. The Balaban J connectivity index is 2.17. The van der Waals surface area contributed by atoms with Crippen molar-refractivity contribution in [2.75, 3.05) is 0 Å². The van der Waals surface area contributed by atoms with Crippen molar-refractivity contribution < 1.29 is 22.7 Å². The van der Waals surface area contributed by atoms with Gasteiger partial charge in [-0.15, -0.1) is 0 Å². The third-order valence-corrected chi connectivity index (χ3v) is 5.36. The molecule has 0 aliphatic heterocycles. The van der Waals surface area contributed by atoms with E-state index in [0.29, 0.717) is 0 Å². The summed E-state index contributed by atoms with van der Waals surface area (Å²) in [5, 5.41) is 8.84. The fraction of sp³-hybridized carbons (Fsp3) is 0.250. The van der Waals surface area contributed by atoms with Crippen molar-refractivity contribution in [3.05, 3.63) is 40.6 Å². The van der Waals surface area contributed by atoms with Gasteiger partial charge in [0.2, 0.25) is 10.0 Å². The lowest BCUT2D eigenvalue weighted by Crippen LogP contribution is -2.33. The van der Waals surface area contributed by atoms with Crippen molar-refractivity contribution in [3.63, 3.8) is 0 Å². The van der Waals surface area contributed by atoms with E-state index in [2.05, 4.69) is 20.7 Å². The van der Waals surface area contributed by atoms with Crippen LogP contribution in [-0.4, -0.2) is 25.5 Å². The molecular weight excluding hydrogens is 353 g/mol. The zero-order chi connectivity index (χ0) is 14.9. The third kappa shape index (κ3) is 3.25. The van der Waals surface area contributed by atoms with Gasteiger partial charge in [0, 0.05) is 10.5 Å². The highest BCUT2D eigenvalue weighted by Gasteiger charge is 2.28. The summed E-state index contributed by atoms with van der Waals surface area (Å²) < 4.78 is 39.8. The molecule has 5 nitrogen and oxygen atoms in total. The van der Waals surface area contributed by atoms with Crippen LogP contribution in [0.4, 0.5) is 4.39 Å².